The number of amides is 1. The average Bonchev–Trinajstić information content (AvgIpc) is 3.31. The fraction of sp³-hybridized carbons (Fsp3) is 0.348. The maximum absolute atomic E-state index is 12.8. The molecule has 1 saturated heterocycles. The van der Waals surface area contributed by atoms with Crippen LogP contribution in [0, 0.1) is 6.92 Å². The number of guanidine groups is 1. The van der Waals surface area contributed by atoms with Crippen LogP contribution < -0.4 is 15.4 Å². The molecule has 0 radical (unpaired) electrons. The van der Waals surface area contributed by atoms with Crippen LogP contribution >= 0.6 is 0 Å². The number of hydrogen-bond acceptors (Lipinski definition) is 6. The van der Waals surface area contributed by atoms with Crippen LogP contribution in [0.25, 0.3) is 0 Å². The van der Waals surface area contributed by atoms with Crippen LogP contribution in [0.5, 0.6) is 5.75 Å². The third-order valence-electron chi connectivity index (χ3n) is 4.89. The number of hydrogen-bond donors (Lipinski definition) is 2. The van der Waals surface area contributed by atoms with E-state index in [0.29, 0.717) is 35.1 Å². The van der Waals surface area contributed by atoms with Crippen molar-refractivity contribution in [1.29, 1.82) is 0 Å². The maximum Gasteiger partial charge on any atom is 0.337 e. The highest BCUT2D eigenvalue weighted by Gasteiger charge is 2.17. The first-order chi connectivity index (χ1) is 15.0. The highest BCUT2D eigenvalue weighted by Crippen LogP contribution is 2.25. The smallest absolute Gasteiger partial charge is 0.337 e. The zero-order valence-electron chi connectivity index (χ0n) is 17.9. The van der Waals surface area contributed by atoms with Crippen molar-refractivity contribution >= 4 is 23.5 Å². The van der Waals surface area contributed by atoms with Crippen LogP contribution in [0.3, 0.4) is 0 Å². The van der Waals surface area contributed by atoms with Crippen molar-refractivity contribution in [3.05, 3.63) is 59.2 Å². The van der Waals surface area contributed by atoms with Crippen LogP contribution in [0.2, 0.25) is 0 Å². The Labute approximate surface area is 181 Å². The molecule has 0 saturated carbocycles. The number of aliphatic imine (C=N–C) groups is 1. The van der Waals surface area contributed by atoms with Crippen LogP contribution in [0.15, 0.2) is 47.5 Å². The van der Waals surface area contributed by atoms with E-state index in [9.17, 15) is 9.59 Å². The lowest BCUT2D eigenvalue weighted by atomic mass is 10.1. The van der Waals surface area contributed by atoms with Crippen molar-refractivity contribution in [1.82, 2.24) is 5.32 Å². The molecule has 2 N–H and O–H groups in total. The number of esters is 1. The van der Waals surface area contributed by atoms with Gasteiger partial charge in [0.25, 0.3) is 5.91 Å². The molecule has 1 amide bonds. The Morgan fingerprint density at radius 3 is 2.52 bits per heavy atom. The number of rotatable bonds is 6. The predicted octanol–water partition coefficient (Wildman–Crippen LogP) is 3.17. The number of ether oxygens (including phenoxy) is 3. The molecule has 1 fully saturated rings. The van der Waals surface area contributed by atoms with E-state index in [1.165, 1.54) is 7.11 Å². The number of anilines is 1. The summed E-state index contributed by atoms with van der Waals surface area (Å²) in [5.74, 6) is 0.106. The van der Waals surface area contributed by atoms with Gasteiger partial charge in [0.1, 0.15) is 5.75 Å². The molecule has 0 unspecified atom stereocenters. The van der Waals surface area contributed by atoms with Gasteiger partial charge in [0.2, 0.25) is 5.96 Å². The van der Waals surface area contributed by atoms with E-state index in [4.69, 9.17) is 9.47 Å². The van der Waals surface area contributed by atoms with Gasteiger partial charge in [0, 0.05) is 12.2 Å². The number of nitrogens with one attached hydrogen (secondary N) is 2. The Balaban J connectivity index is 1.79. The van der Waals surface area contributed by atoms with E-state index in [1.54, 1.807) is 31.4 Å². The standard InChI is InChI=1S/C23H27N3O5/c1-15-6-11-20(29-2)19(13-15)25-23(24-14-18-5-4-12-31-18)26-21(27)16-7-9-17(10-8-16)22(28)30-3/h6-11,13,18H,4-5,12,14H2,1-3H3,(H2,24,25,26,27)/t18-/m1/s1. The van der Waals surface area contributed by atoms with Gasteiger partial charge >= 0.3 is 5.97 Å². The van der Waals surface area contributed by atoms with Gasteiger partial charge in [-0.1, -0.05) is 6.07 Å². The van der Waals surface area contributed by atoms with Gasteiger partial charge in [-0.25, -0.2) is 9.79 Å². The minimum absolute atomic E-state index is 0.0347. The second-order valence-corrected chi connectivity index (χ2v) is 7.18. The van der Waals surface area contributed by atoms with Crippen molar-refractivity contribution in [2.45, 2.75) is 25.9 Å². The molecule has 0 bridgehead atoms. The Kier molecular flexibility index (Phi) is 7.61. The lowest BCUT2D eigenvalue weighted by Gasteiger charge is -2.16. The number of nitrogens with zero attached hydrogens (tertiary/aromatic N) is 1. The highest BCUT2D eigenvalue weighted by atomic mass is 16.5. The molecule has 1 aliphatic rings. The predicted molar refractivity (Wildman–Crippen MR) is 118 cm³/mol. The summed E-state index contributed by atoms with van der Waals surface area (Å²) >= 11 is 0. The first-order valence-corrected chi connectivity index (χ1v) is 10.1. The number of aryl methyl sites for hydroxylation is 1. The van der Waals surface area contributed by atoms with E-state index >= 15 is 0 Å². The summed E-state index contributed by atoms with van der Waals surface area (Å²) in [6, 6.07) is 11.9. The Bertz CT molecular complexity index is 950. The minimum atomic E-state index is -0.459. The first kappa shape index (κ1) is 22.3. The van der Waals surface area contributed by atoms with E-state index < -0.39 is 5.97 Å². The van der Waals surface area contributed by atoms with E-state index in [1.807, 2.05) is 25.1 Å². The van der Waals surface area contributed by atoms with Crippen molar-refractivity contribution in [2.75, 3.05) is 32.7 Å². The number of benzene rings is 2. The topological polar surface area (TPSA) is 98.3 Å². The van der Waals surface area contributed by atoms with Crippen molar-refractivity contribution in [3.8, 4) is 5.75 Å². The summed E-state index contributed by atoms with van der Waals surface area (Å²) in [6.45, 7) is 3.13. The summed E-state index contributed by atoms with van der Waals surface area (Å²) in [5.41, 5.74) is 2.48. The molecule has 1 aliphatic heterocycles. The fourth-order valence-electron chi connectivity index (χ4n) is 3.19. The average molecular weight is 425 g/mol. The summed E-state index contributed by atoms with van der Waals surface area (Å²) in [6.07, 6.45) is 1.98. The Morgan fingerprint density at radius 2 is 1.87 bits per heavy atom. The summed E-state index contributed by atoms with van der Waals surface area (Å²) in [5, 5.41) is 5.98. The summed E-state index contributed by atoms with van der Waals surface area (Å²) < 4.78 is 15.7. The fourth-order valence-corrected chi connectivity index (χ4v) is 3.19. The summed E-state index contributed by atoms with van der Waals surface area (Å²) in [7, 11) is 2.89. The van der Waals surface area contributed by atoms with Crippen LogP contribution in [0.1, 0.15) is 39.1 Å². The number of methoxy groups -OCH3 is 2. The molecule has 8 heteroatoms. The van der Waals surface area contributed by atoms with E-state index in [2.05, 4.69) is 20.4 Å². The van der Waals surface area contributed by atoms with Gasteiger partial charge in [-0.15, -0.1) is 0 Å². The van der Waals surface area contributed by atoms with E-state index in [0.717, 1.165) is 25.0 Å². The molecule has 1 heterocycles. The maximum atomic E-state index is 12.8. The molecule has 0 aliphatic carbocycles. The normalized spacial score (nSPS) is 16.0. The van der Waals surface area contributed by atoms with Gasteiger partial charge in [-0.3, -0.25) is 10.1 Å². The molecular weight excluding hydrogens is 398 g/mol. The molecule has 8 nitrogen and oxygen atoms in total. The van der Waals surface area contributed by atoms with Gasteiger partial charge < -0.3 is 19.5 Å². The zero-order valence-corrected chi connectivity index (χ0v) is 17.9. The number of carbonyl (C=O) groups is 2. The van der Waals surface area contributed by atoms with Gasteiger partial charge in [0.05, 0.1) is 38.1 Å². The Morgan fingerprint density at radius 1 is 1.13 bits per heavy atom. The first-order valence-electron chi connectivity index (χ1n) is 10.1. The number of carbonyl (C=O) groups excluding carboxylic acids is 2. The lowest BCUT2D eigenvalue weighted by molar-refractivity contribution is 0.0600. The molecule has 0 aromatic heterocycles. The Hall–Kier alpha value is -3.39. The van der Waals surface area contributed by atoms with Gasteiger partial charge in [-0.2, -0.15) is 0 Å². The molecule has 0 spiro atoms. The van der Waals surface area contributed by atoms with Crippen molar-refractivity contribution in [3.63, 3.8) is 0 Å². The van der Waals surface area contributed by atoms with Gasteiger partial charge in [-0.05, 0) is 61.7 Å². The van der Waals surface area contributed by atoms with E-state index in [-0.39, 0.29) is 12.0 Å². The molecule has 31 heavy (non-hydrogen) atoms. The molecule has 3 rings (SSSR count). The second kappa shape index (κ2) is 10.6. The SMILES string of the molecule is COC(=O)c1ccc(C(=O)NC(=NC[C@H]2CCCO2)Nc2cc(C)ccc2OC)cc1. The molecule has 1 atom stereocenters. The second-order valence-electron chi connectivity index (χ2n) is 7.18. The molecule has 164 valence electrons. The third-order valence-corrected chi connectivity index (χ3v) is 4.89. The highest BCUT2D eigenvalue weighted by molar-refractivity contribution is 6.10. The van der Waals surface area contributed by atoms with Crippen molar-refractivity contribution in [2.24, 2.45) is 4.99 Å². The van der Waals surface area contributed by atoms with Crippen LogP contribution in [-0.2, 0) is 9.47 Å². The van der Waals surface area contributed by atoms with Crippen molar-refractivity contribution < 1.29 is 23.8 Å². The quantitative estimate of drug-likeness (QED) is 0.419. The minimum Gasteiger partial charge on any atom is -0.495 e. The molecule has 2 aromatic carbocycles. The lowest BCUT2D eigenvalue weighted by Crippen LogP contribution is -2.37. The third kappa shape index (κ3) is 6.05. The largest absolute Gasteiger partial charge is 0.495 e. The zero-order chi connectivity index (χ0) is 22.2. The summed E-state index contributed by atoms with van der Waals surface area (Å²) in [4.78, 5) is 29.0. The molecular formula is C23H27N3O5. The monoisotopic (exact) mass is 425 g/mol. The van der Waals surface area contributed by atoms with Gasteiger partial charge in [0.15, 0.2) is 0 Å². The molecule has 2 aromatic rings. The van der Waals surface area contributed by atoms with Crippen LogP contribution in [0.4, 0.5) is 5.69 Å². The van der Waals surface area contributed by atoms with Crippen LogP contribution in [-0.4, -0.2) is 51.3 Å².